The van der Waals surface area contributed by atoms with Crippen LogP contribution in [0, 0.1) is 6.92 Å². The molecule has 2 N–H and O–H groups in total. The van der Waals surface area contributed by atoms with Crippen molar-refractivity contribution in [3.8, 4) is 5.69 Å². The lowest BCUT2D eigenvalue weighted by Crippen LogP contribution is -2.27. The molecule has 5 nitrogen and oxygen atoms in total. The van der Waals surface area contributed by atoms with Crippen LogP contribution in [-0.2, 0) is 6.54 Å². The molecule has 0 unspecified atom stereocenters. The maximum absolute atomic E-state index is 12.9. The summed E-state index contributed by atoms with van der Waals surface area (Å²) in [5.41, 5.74) is 3.40. The number of hydrogen-bond donors (Lipinski definition) is 2. The zero-order valence-corrected chi connectivity index (χ0v) is 16.7. The Morgan fingerprint density at radius 2 is 1.66 bits per heavy atom. The van der Waals surface area contributed by atoms with E-state index in [1.807, 2.05) is 79.7 Å². The predicted octanol–water partition coefficient (Wildman–Crippen LogP) is 4.18. The molecule has 1 aromatic heterocycles. The molecule has 0 spiro atoms. The van der Waals surface area contributed by atoms with Gasteiger partial charge in [0.25, 0.3) is 5.56 Å². The zero-order valence-electron chi connectivity index (χ0n) is 15.9. The Morgan fingerprint density at radius 1 is 0.966 bits per heavy atom. The Morgan fingerprint density at radius 3 is 2.41 bits per heavy atom. The van der Waals surface area contributed by atoms with Crippen LogP contribution in [0.2, 0.25) is 0 Å². The van der Waals surface area contributed by atoms with Gasteiger partial charge >= 0.3 is 0 Å². The van der Waals surface area contributed by atoms with E-state index in [0.29, 0.717) is 28.4 Å². The molecular weight excluding hydrogens is 380 g/mol. The average Bonchev–Trinajstić information content (AvgIpc) is 2.74. The molecule has 6 heteroatoms. The van der Waals surface area contributed by atoms with E-state index in [4.69, 9.17) is 12.2 Å². The summed E-state index contributed by atoms with van der Waals surface area (Å²) in [5, 5.41) is 7.50. The minimum atomic E-state index is -0.0751. The molecule has 0 fully saturated rings. The maximum atomic E-state index is 12.9. The van der Waals surface area contributed by atoms with E-state index in [2.05, 4.69) is 15.6 Å². The molecule has 3 aromatic carbocycles. The van der Waals surface area contributed by atoms with Gasteiger partial charge in [0.1, 0.15) is 5.82 Å². The lowest BCUT2D eigenvalue weighted by molar-refractivity contribution is 0.895. The minimum absolute atomic E-state index is 0.0751. The second-order valence-corrected chi connectivity index (χ2v) is 7.07. The summed E-state index contributed by atoms with van der Waals surface area (Å²) < 4.78 is 1.62. The van der Waals surface area contributed by atoms with Gasteiger partial charge in [0.05, 0.1) is 16.6 Å². The fourth-order valence-electron chi connectivity index (χ4n) is 3.20. The number of thiocarbonyl (C=S) groups is 1. The molecular formula is C23H20N4OS. The van der Waals surface area contributed by atoms with E-state index in [9.17, 15) is 4.79 Å². The third kappa shape index (κ3) is 4.17. The molecule has 0 bridgehead atoms. The highest BCUT2D eigenvalue weighted by molar-refractivity contribution is 7.80. The molecule has 0 aliphatic carbocycles. The van der Waals surface area contributed by atoms with Crippen molar-refractivity contribution in [1.82, 2.24) is 14.9 Å². The van der Waals surface area contributed by atoms with Gasteiger partial charge in [-0.15, -0.1) is 0 Å². The largest absolute Gasteiger partial charge is 0.358 e. The highest BCUT2D eigenvalue weighted by Gasteiger charge is 2.09. The molecule has 0 saturated heterocycles. The fourth-order valence-corrected chi connectivity index (χ4v) is 3.39. The number of para-hydroxylation sites is 1. The number of fused-ring (bicyclic) bond motifs is 1. The number of anilines is 1. The quantitative estimate of drug-likeness (QED) is 0.503. The van der Waals surface area contributed by atoms with Gasteiger partial charge in [-0.3, -0.25) is 9.36 Å². The van der Waals surface area contributed by atoms with Crippen molar-refractivity contribution in [2.24, 2.45) is 0 Å². The lowest BCUT2D eigenvalue weighted by atomic mass is 10.2. The summed E-state index contributed by atoms with van der Waals surface area (Å²) in [4.78, 5) is 17.5. The topological polar surface area (TPSA) is 59.0 Å². The van der Waals surface area contributed by atoms with Gasteiger partial charge in [-0.2, -0.15) is 0 Å². The zero-order chi connectivity index (χ0) is 20.2. The minimum Gasteiger partial charge on any atom is -0.358 e. The van der Waals surface area contributed by atoms with Gasteiger partial charge < -0.3 is 10.6 Å². The van der Waals surface area contributed by atoms with Crippen LogP contribution in [0.4, 0.5) is 5.69 Å². The summed E-state index contributed by atoms with van der Waals surface area (Å²) in [6.07, 6.45) is 0. The van der Waals surface area contributed by atoms with E-state index in [1.54, 1.807) is 10.6 Å². The molecule has 1 heterocycles. The average molecular weight is 401 g/mol. The number of rotatable bonds is 4. The molecule has 0 saturated carbocycles. The third-order valence-corrected chi connectivity index (χ3v) is 4.87. The number of aromatic nitrogens is 2. The van der Waals surface area contributed by atoms with Gasteiger partial charge in [-0.1, -0.05) is 42.5 Å². The molecule has 0 atom stereocenters. The Hall–Kier alpha value is -3.51. The van der Waals surface area contributed by atoms with Crippen LogP contribution in [-0.4, -0.2) is 14.7 Å². The van der Waals surface area contributed by atoms with E-state index >= 15 is 0 Å². The molecule has 144 valence electrons. The van der Waals surface area contributed by atoms with Crippen molar-refractivity contribution in [3.05, 3.63) is 101 Å². The van der Waals surface area contributed by atoms with Gasteiger partial charge in [0.15, 0.2) is 5.11 Å². The van der Waals surface area contributed by atoms with Crippen molar-refractivity contribution in [2.75, 3.05) is 5.32 Å². The molecule has 29 heavy (non-hydrogen) atoms. The van der Waals surface area contributed by atoms with Gasteiger partial charge in [0.2, 0.25) is 0 Å². The highest BCUT2D eigenvalue weighted by atomic mass is 32.1. The van der Waals surface area contributed by atoms with Crippen LogP contribution in [0.1, 0.15) is 11.4 Å². The Labute approximate surface area is 174 Å². The predicted molar refractivity (Wildman–Crippen MR) is 122 cm³/mol. The first kappa shape index (κ1) is 18.8. The van der Waals surface area contributed by atoms with Crippen LogP contribution in [0.25, 0.3) is 16.6 Å². The maximum Gasteiger partial charge on any atom is 0.265 e. The van der Waals surface area contributed by atoms with Gasteiger partial charge in [0, 0.05) is 12.2 Å². The van der Waals surface area contributed by atoms with Crippen molar-refractivity contribution in [3.63, 3.8) is 0 Å². The van der Waals surface area contributed by atoms with Gasteiger partial charge in [-0.25, -0.2) is 4.98 Å². The molecule has 4 aromatic rings. The number of aryl methyl sites for hydroxylation is 1. The van der Waals surface area contributed by atoms with Crippen molar-refractivity contribution >= 4 is 33.9 Å². The SMILES string of the molecule is Cc1nc2ccccc2c(=O)n1-c1ccc(NC(=S)NCc2ccccc2)cc1. The van der Waals surface area contributed by atoms with E-state index in [-0.39, 0.29) is 5.56 Å². The van der Waals surface area contributed by atoms with Crippen LogP contribution < -0.4 is 16.2 Å². The number of benzene rings is 3. The first-order valence-corrected chi connectivity index (χ1v) is 9.70. The van der Waals surface area contributed by atoms with E-state index in [0.717, 1.165) is 16.9 Å². The highest BCUT2D eigenvalue weighted by Crippen LogP contribution is 2.15. The van der Waals surface area contributed by atoms with E-state index in [1.165, 1.54) is 0 Å². The van der Waals surface area contributed by atoms with E-state index < -0.39 is 0 Å². The molecule has 0 aliphatic heterocycles. The van der Waals surface area contributed by atoms with Crippen LogP contribution >= 0.6 is 12.2 Å². The second kappa shape index (κ2) is 8.24. The molecule has 0 amide bonds. The van der Waals surface area contributed by atoms with Crippen molar-refractivity contribution < 1.29 is 0 Å². The van der Waals surface area contributed by atoms with Crippen molar-refractivity contribution in [2.45, 2.75) is 13.5 Å². The fraction of sp³-hybridized carbons (Fsp3) is 0.0870. The summed E-state index contributed by atoms with van der Waals surface area (Å²) in [5.74, 6) is 0.648. The third-order valence-electron chi connectivity index (χ3n) is 4.62. The van der Waals surface area contributed by atoms with Crippen LogP contribution in [0.15, 0.2) is 83.7 Å². The summed E-state index contributed by atoms with van der Waals surface area (Å²) in [6.45, 7) is 2.49. The Kier molecular flexibility index (Phi) is 5.35. The summed E-state index contributed by atoms with van der Waals surface area (Å²) in [7, 11) is 0. The summed E-state index contributed by atoms with van der Waals surface area (Å²) >= 11 is 5.37. The monoisotopic (exact) mass is 400 g/mol. The number of hydrogen-bond acceptors (Lipinski definition) is 3. The van der Waals surface area contributed by atoms with Crippen LogP contribution in [0.5, 0.6) is 0 Å². The smallest absolute Gasteiger partial charge is 0.265 e. The number of nitrogens with one attached hydrogen (secondary N) is 2. The molecule has 0 aliphatic rings. The number of nitrogens with zero attached hydrogens (tertiary/aromatic N) is 2. The molecule has 0 radical (unpaired) electrons. The standard InChI is InChI=1S/C23H20N4OS/c1-16-25-21-10-6-5-9-20(21)22(28)27(16)19-13-11-18(12-14-19)26-23(29)24-15-17-7-3-2-4-8-17/h2-14H,15H2,1H3,(H2,24,26,29). The molecule has 4 rings (SSSR count). The first-order valence-electron chi connectivity index (χ1n) is 9.29. The van der Waals surface area contributed by atoms with Gasteiger partial charge in [-0.05, 0) is 61.1 Å². The first-order chi connectivity index (χ1) is 14.1. The normalized spacial score (nSPS) is 10.7. The van der Waals surface area contributed by atoms with Crippen LogP contribution in [0.3, 0.4) is 0 Å². The Balaban J connectivity index is 1.50. The summed E-state index contributed by atoms with van der Waals surface area (Å²) in [6, 6.07) is 25.0. The second-order valence-electron chi connectivity index (χ2n) is 6.66. The van der Waals surface area contributed by atoms with Crippen molar-refractivity contribution in [1.29, 1.82) is 0 Å². The Bertz CT molecular complexity index is 1220. The lowest BCUT2D eigenvalue weighted by Gasteiger charge is -2.13.